The van der Waals surface area contributed by atoms with E-state index in [2.05, 4.69) is 10.1 Å². The highest BCUT2D eigenvalue weighted by Gasteiger charge is 2.55. The number of aliphatic hydroxyl groups excluding tert-OH is 2. The number of nitrogen functional groups attached to an aromatic ring is 1. The van der Waals surface area contributed by atoms with Gasteiger partial charge in [-0.2, -0.15) is 5.10 Å². The van der Waals surface area contributed by atoms with Crippen molar-refractivity contribution < 1.29 is 24.4 Å². The number of alkyl halides is 1. The summed E-state index contributed by atoms with van der Waals surface area (Å²) in [5.41, 5.74) is 6.37. The van der Waals surface area contributed by atoms with Crippen LogP contribution >= 0.6 is 0 Å². The summed E-state index contributed by atoms with van der Waals surface area (Å²) in [5, 5.41) is 32.4. The maximum atomic E-state index is 14.1. The molecular formula is C11H13FN4O4. The predicted molar refractivity (Wildman–Crippen MR) is 64.2 cm³/mol. The van der Waals surface area contributed by atoms with Crippen LogP contribution in [0.4, 0.5) is 10.2 Å². The molecular weight excluding hydrogens is 271 g/mol. The van der Waals surface area contributed by atoms with Gasteiger partial charge in [-0.15, -0.1) is 0 Å². The van der Waals surface area contributed by atoms with Gasteiger partial charge < -0.3 is 25.8 Å². The monoisotopic (exact) mass is 284 g/mol. The SMILES string of the molecule is Nc1ncnn2c([C@@H]3O[C@](O)(CO)[C@@H](O)[C@H]3F)ccc12. The van der Waals surface area contributed by atoms with Gasteiger partial charge in [-0.05, 0) is 12.1 Å². The fraction of sp³-hybridized carbons (Fsp3) is 0.455. The number of nitrogens with zero attached hydrogens (tertiary/aromatic N) is 3. The normalized spacial score (nSPS) is 33.9. The minimum atomic E-state index is -2.34. The molecule has 0 bridgehead atoms. The maximum absolute atomic E-state index is 14.1. The molecule has 5 N–H and O–H groups in total. The third-order valence-corrected chi connectivity index (χ3v) is 3.41. The van der Waals surface area contributed by atoms with E-state index in [1.807, 2.05) is 0 Å². The number of nitrogens with two attached hydrogens (primary N) is 1. The fourth-order valence-corrected chi connectivity index (χ4v) is 2.31. The summed E-state index contributed by atoms with van der Waals surface area (Å²) in [6.07, 6.45) is -3.86. The highest BCUT2D eigenvalue weighted by atomic mass is 19.1. The average Bonchev–Trinajstić information content (AvgIpc) is 2.96. The largest absolute Gasteiger partial charge is 0.391 e. The first-order valence-electron chi connectivity index (χ1n) is 5.89. The molecule has 0 aliphatic carbocycles. The van der Waals surface area contributed by atoms with E-state index in [0.29, 0.717) is 5.52 Å². The van der Waals surface area contributed by atoms with Crippen molar-refractivity contribution in [2.75, 3.05) is 12.3 Å². The average molecular weight is 284 g/mol. The first-order valence-corrected chi connectivity index (χ1v) is 5.89. The summed E-state index contributed by atoms with van der Waals surface area (Å²) in [4.78, 5) is 3.80. The van der Waals surface area contributed by atoms with Gasteiger partial charge in [-0.25, -0.2) is 13.9 Å². The number of aromatic nitrogens is 3. The summed E-state index contributed by atoms with van der Waals surface area (Å²) in [7, 11) is 0. The Labute approximate surface area is 112 Å². The van der Waals surface area contributed by atoms with Crippen molar-refractivity contribution >= 4 is 11.3 Å². The quantitative estimate of drug-likeness (QED) is 0.543. The standard InChI is InChI=1S/C11H13FN4O4/c12-7-8(20-11(19,3-17)9(7)18)5-1-2-6-10(13)14-4-15-16(5)6/h1-2,4,7-9,17-19H,3H2,(H2,13,14,15)/t7-,8-,9-,11+/m0/s1. The molecule has 20 heavy (non-hydrogen) atoms. The van der Waals surface area contributed by atoms with Crippen LogP contribution in [0.25, 0.3) is 5.52 Å². The molecule has 9 heteroatoms. The molecule has 2 aromatic rings. The van der Waals surface area contributed by atoms with E-state index in [-0.39, 0.29) is 11.5 Å². The Morgan fingerprint density at radius 2 is 2.25 bits per heavy atom. The minimum absolute atomic E-state index is 0.206. The van der Waals surface area contributed by atoms with E-state index in [1.54, 1.807) is 6.07 Å². The lowest BCUT2D eigenvalue weighted by atomic mass is 10.1. The van der Waals surface area contributed by atoms with E-state index in [1.165, 1.54) is 16.9 Å². The number of aliphatic hydroxyl groups is 3. The molecule has 8 nitrogen and oxygen atoms in total. The zero-order chi connectivity index (χ0) is 14.5. The van der Waals surface area contributed by atoms with Gasteiger partial charge in [-0.1, -0.05) is 0 Å². The Kier molecular flexibility index (Phi) is 2.87. The Hall–Kier alpha value is -1.81. The van der Waals surface area contributed by atoms with Crippen molar-refractivity contribution in [2.45, 2.75) is 24.2 Å². The molecule has 3 heterocycles. The van der Waals surface area contributed by atoms with Gasteiger partial charge >= 0.3 is 0 Å². The van der Waals surface area contributed by atoms with Crippen LogP contribution in [0.2, 0.25) is 0 Å². The van der Waals surface area contributed by atoms with Gasteiger partial charge in [0.25, 0.3) is 0 Å². The van der Waals surface area contributed by atoms with Gasteiger partial charge in [0.05, 0.1) is 12.3 Å². The van der Waals surface area contributed by atoms with Gasteiger partial charge in [0, 0.05) is 0 Å². The van der Waals surface area contributed by atoms with Crippen LogP contribution in [0.15, 0.2) is 18.5 Å². The molecule has 0 spiro atoms. The summed E-state index contributed by atoms with van der Waals surface area (Å²) >= 11 is 0. The van der Waals surface area contributed by atoms with E-state index >= 15 is 0 Å². The zero-order valence-electron chi connectivity index (χ0n) is 10.2. The van der Waals surface area contributed by atoms with Crippen molar-refractivity contribution in [1.82, 2.24) is 14.6 Å². The number of hydrogen-bond donors (Lipinski definition) is 4. The number of fused-ring (bicyclic) bond motifs is 1. The van der Waals surface area contributed by atoms with Crippen LogP contribution in [0.1, 0.15) is 11.8 Å². The number of ether oxygens (including phenoxy) is 1. The molecule has 1 aliphatic rings. The zero-order valence-corrected chi connectivity index (χ0v) is 10.2. The van der Waals surface area contributed by atoms with Crippen molar-refractivity contribution in [3.63, 3.8) is 0 Å². The Balaban J connectivity index is 2.06. The number of rotatable bonds is 2. The maximum Gasteiger partial charge on any atom is 0.219 e. The molecule has 1 aliphatic heterocycles. The summed E-state index contributed by atoms with van der Waals surface area (Å²) < 4.78 is 20.5. The lowest BCUT2D eigenvalue weighted by molar-refractivity contribution is -0.246. The van der Waals surface area contributed by atoms with Crippen LogP contribution in [-0.2, 0) is 4.74 Å². The summed E-state index contributed by atoms with van der Waals surface area (Å²) in [6, 6.07) is 3.08. The number of hydrogen-bond acceptors (Lipinski definition) is 7. The second kappa shape index (κ2) is 4.35. The molecule has 0 unspecified atom stereocenters. The Morgan fingerprint density at radius 1 is 1.50 bits per heavy atom. The molecule has 0 amide bonds. The van der Waals surface area contributed by atoms with Crippen molar-refractivity contribution in [1.29, 1.82) is 0 Å². The molecule has 3 rings (SSSR count). The van der Waals surface area contributed by atoms with Crippen LogP contribution < -0.4 is 5.73 Å². The van der Waals surface area contributed by atoms with E-state index < -0.39 is 30.8 Å². The Bertz CT molecular complexity index is 650. The van der Waals surface area contributed by atoms with Crippen LogP contribution in [0.3, 0.4) is 0 Å². The third kappa shape index (κ3) is 1.68. The minimum Gasteiger partial charge on any atom is -0.391 e. The van der Waals surface area contributed by atoms with Gasteiger partial charge in [-0.3, -0.25) is 0 Å². The highest BCUT2D eigenvalue weighted by Crippen LogP contribution is 2.40. The smallest absolute Gasteiger partial charge is 0.219 e. The van der Waals surface area contributed by atoms with Crippen LogP contribution in [0.5, 0.6) is 0 Å². The first kappa shape index (κ1) is 13.2. The number of halogens is 1. The summed E-state index contributed by atoms with van der Waals surface area (Å²) in [5.74, 6) is -2.13. The fourth-order valence-electron chi connectivity index (χ4n) is 2.31. The molecule has 0 radical (unpaired) electrons. The highest BCUT2D eigenvalue weighted by molar-refractivity contribution is 5.65. The van der Waals surface area contributed by atoms with Crippen LogP contribution in [0, 0.1) is 0 Å². The van der Waals surface area contributed by atoms with E-state index in [4.69, 9.17) is 15.6 Å². The second-order valence-corrected chi connectivity index (χ2v) is 4.63. The van der Waals surface area contributed by atoms with Gasteiger partial charge in [0.1, 0.15) is 24.1 Å². The second-order valence-electron chi connectivity index (χ2n) is 4.63. The molecule has 1 fully saturated rings. The first-order chi connectivity index (χ1) is 9.48. The van der Waals surface area contributed by atoms with Crippen LogP contribution in [-0.4, -0.2) is 54.6 Å². The molecule has 1 saturated heterocycles. The molecule has 0 aromatic carbocycles. The van der Waals surface area contributed by atoms with Crippen molar-refractivity contribution in [3.8, 4) is 0 Å². The van der Waals surface area contributed by atoms with Gasteiger partial charge in [0.15, 0.2) is 12.0 Å². The van der Waals surface area contributed by atoms with Crippen molar-refractivity contribution in [2.24, 2.45) is 0 Å². The number of anilines is 1. The Morgan fingerprint density at radius 3 is 2.90 bits per heavy atom. The molecule has 4 atom stereocenters. The third-order valence-electron chi connectivity index (χ3n) is 3.41. The lowest BCUT2D eigenvalue weighted by Gasteiger charge is -2.22. The summed E-state index contributed by atoms with van der Waals surface area (Å²) in [6.45, 7) is -0.925. The van der Waals surface area contributed by atoms with Crippen molar-refractivity contribution in [3.05, 3.63) is 24.2 Å². The predicted octanol–water partition coefficient (Wildman–Crippen LogP) is -1.24. The van der Waals surface area contributed by atoms with E-state index in [0.717, 1.165) is 0 Å². The molecule has 2 aromatic heterocycles. The molecule has 0 saturated carbocycles. The topological polar surface area (TPSA) is 126 Å². The van der Waals surface area contributed by atoms with Gasteiger partial charge in [0.2, 0.25) is 5.79 Å². The molecule has 108 valence electrons. The lowest BCUT2D eigenvalue weighted by Crippen LogP contribution is -2.45. The van der Waals surface area contributed by atoms with E-state index in [9.17, 15) is 14.6 Å².